The van der Waals surface area contributed by atoms with Crippen LogP contribution in [0.15, 0.2) is 0 Å². The molecular formula is C15H26F3N3O. The lowest BCUT2D eigenvalue weighted by molar-refractivity contribution is -0.141. The van der Waals surface area contributed by atoms with Crippen LogP contribution in [-0.4, -0.2) is 66.7 Å². The SMILES string of the molecule is C[C@@H](C(=O)NCC(F)(F)F)N1CCCN(C2CCCC2)CC1. The van der Waals surface area contributed by atoms with E-state index in [9.17, 15) is 18.0 Å². The fourth-order valence-corrected chi connectivity index (χ4v) is 3.48. The molecule has 0 aromatic rings. The van der Waals surface area contributed by atoms with Crippen LogP contribution < -0.4 is 5.32 Å². The largest absolute Gasteiger partial charge is 0.405 e. The minimum Gasteiger partial charge on any atom is -0.346 e. The second kappa shape index (κ2) is 7.64. The minimum atomic E-state index is -4.35. The van der Waals surface area contributed by atoms with E-state index in [4.69, 9.17) is 0 Å². The van der Waals surface area contributed by atoms with Crippen LogP contribution in [0.3, 0.4) is 0 Å². The predicted molar refractivity (Wildman–Crippen MR) is 78.5 cm³/mol. The van der Waals surface area contributed by atoms with Gasteiger partial charge in [-0.25, -0.2) is 0 Å². The number of halogens is 3. The van der Waals surface area contributed by atoms with Crippen molar-refractivity contribution in [3.8, 4) is 0 Å². The van der Waals surface area contributed by atoms with E-state index in [0.717, 1.165) is 32.6 Å². The molecule has 0 spiro atoms. The number of alkyl halides is 3. The molecule has 2 rings (SSSR count). The molecule has 0 unspecified atom stereocenters. The van der Waals surface area contributed by atoms with Gasteiger partial charge in [-0.05, 0) is 32.7 Å². The molecule has 1 aliphatic heterocycles. The Morgan fingerprint density at radius 2 is 1.82 bits per heavy atom. The summed E-state index contributed by atoms with van der Waals surface area (Å²) in [4.78, 5) is 16.4. The zero-order valence-electron chi connectivity index (χ0n) is 13.2. The van der Waals surface area contributed by atoms with Crippen LogP contribution in [0.4, 0.5) is 13.2 Å². The first-order chi connectivity index (χ1) is 10.4. The lowest BCUT2D eigenvalue weighted by atomic mass is 10.2. The van der Waals surface area contributed by atoms with Gasteiger partial charge in [-0.15, -0.1) is 0 Å². The van der Waals surface area contributed by atoms with E-state index in [0.29, 0.717) is 6.04 Å². The van der Waals surface area contributed by atoms with Crippen molar-refractivity contribution in [3.05, 3.63) is 0 Å². The van der Waals surface area contributed by atoms with E-state index < -0.39 is 24.7 Å². The standard InChI is InChI=1S/C15H26F3N3O/c1-12(14(22)19-11-15(16,17)18)20-7-4-8-21(10-9-20)13-5-2-3-6-13/h12-13H,2-11H2,1H3,(H,19,22)/t12-/m0/s1. The molecule has 128 valence electrons. The van der Waals surface area contributed by atoms with Crippen LogP contribution in [0.1, 0.15) is 39.0 Å². The predicted octanol–water partition coefficient (Wildman–Crippen LogP) is 2.00. The lowest BCUT2D eigenvalue weighted by Gasteiger charge is -2.29. The molecule has 22 heavy (non-hydrogen) atoms. The van der Waals surface area contributed by atoms with Crippen LogP contribution in [0.25, 0.3) is 0 Å². The molecule has 2 aliphatic rings. The van der Waals surface area contributed by atoms with Gasteiger partial charge in [-0.3, -0.25) is 14.6 Å². The minimum absolute atomic E-state index is 0.508. The molecular weight excluding hydrogens is 295 g/mol. The Kier molecular flexibility index (Phi) is 6.09. The summed E-state index contributed by atoms with van der Waals surface area (Å²) in [6.45, 7) is 3.88. The second-order valence-electron chi connectivity index (χ2n) is 6.37. The molecule has 1 heterocycles. The smallest absolute Gasteiger partial charge is 0.346 e. The number of carbonyl (C=O) groups excluding carboxylic acids is 1. The van der Waals surface area contributed by atoms with Gasteiger partial charge in [0.05, 0.1) is 6.04 Å². The van der Waals surface area contributed by atoms with Gasteiger partial charge in [0.2, 0.25) is 5.91 Å². The molecule has 0 aromatic heterocycles. The van der Waals surface area contributed by atoms with E-state index >= 15 is 0 Å². The molecule has 0 radical (unpaired) electrons. The second-order valence-corrected chi connectivity index (χ2v) is 6.37. The van der Waals surface area contributed by atoms with Crippen LogP contribution in [0.5, 0.6) is 0 Å². The van der Waals surface area contributed by atoms with Crippen molar-refractivity contribution in [2.45, 2.75) is 57.3 Å². The van der Waals surface area contributed by atoms with E-state index in [2.05, 4.69) is 4.90 Å². The highest BCUT2D eigenvalue weighted by Gasteiger charge is 2.31. The third kappa shape index (κ3) is 5.12. The Labute approximate surface area is 130 Å². The first-order valence-electron chi connectivity index (χ1n) is 8.19. The molecule has 7 heteroatoms. The van der Waals surface area contributed by atoms with Gasteiger partial charge in [0.15, 0.2) is 0 Å². The Bertz CT molecular complexity index is 370. The normalized spacial score (nSPS) is 24.2. The van der Waals surface area contributed by atoms with Crippen molar-refractivity contribution >= 4 is 5.91 Å². The summed E-state index contributed by atoms with van der Waals surface area (Å²) in [6, 6.07) is 0.153. The highest BCUT2D eigenvalue weighted by atomic mass is 19.4. The molecule has 2 fully saturated rings. The molecule has 0 bridgehead atoms. The van der Waals surface area contributed by atoms with Crippen LogP contribution in [-0.2, 0) is 4.79 Å². The molecule has 0 aromatic carbocycles. The Morgan fingerprint density at radius 3 is 2.45 bits per heavy atom. The number of rotatable bonds is 4. The average molecular weight is 321 g/mol. The fraction of sp³-hybridized carbons (Fsp3) is 0.933. The summed E-state index contributed by atoms with van der Waals surface area (Å²) < 4.78 is 36.5. The number of amides is 1. The Morgan fingerprint density at radius 1 is 1.14 bits per heavy atom. The quantitative estimate of drug-likeness (QED) is 0.860. The maximum Gasteiger partial charge on any atom is 0.405 e. The van der Waals surface area contributed by atoms with Gasteiger partial charge >= 0.3 is 6.18 Å². The first-order valence-corrected chi connectivity index (χ1v) is 8.19. The molecule has 1 saturated heterocycles. The summed E-state index contributed by atoms with van der Waals surface area (Å²) in [7, 11) is 0. The third-order valence-electron chi connectivity index (χ3n) is 4.80. The topological polar surface area (TPSA) is 35.6 Å². The summed E-state index contributed by atoms with van der Waals surface area (Å²) >= 11 is 0. The number of hydrogen-bond acceptors (Lipinski definition) is 3. The van der Waals surface area contributed by atoms with Crippen molar-refractivity contribution in [1.82, 2.24) is 15.1 Å². The zero-order chi connectivity index (χ0) is 16.2. The molecule has 1 N–H and O–H groups in total. The summed E-state index contributed by atoms with van der Waals surface area (Å²) in [5, 5.41) is 1.99. The van der Waals surface area contributed by atoms with Gasteiger partial charge in [0.1, 0.15) is 6.54 Å². The van der Waals surface area contributed by atoms with Crippen molar-refractivity contribution in [1.29, 1.82) is 0 Å². The van der Waals surface area contributed by atoms with Crippen molar-refractivity contribution < 1.29 is 18.0 Å². The number of nitrogens with zero attached hydrogens (tertiary/aromatic N) is 2. The number of nitrogens with one attached hydrogen (secondary N) is 1. The highest BCUT2D eigenvalue weighted by Crippen LogP contribution is 2.24. The van der Waals surface area contributed by atoms with Gasteiger partial charge < -0.3 is 5.32 Å². The van der Waals surface area contributed by atoms with E-state index in [1.165, 1.54) is 25.7 Å². The van der Waals surface area contributed by atoms with E-state index in [1.807, 2.05) is 10.2 Å². The first kappa shape index (κ1) is 17.5. The monoisotopic (exact) mass is 321 g/mol. The summed E-state index contributed by atoms with van der Waals surface area (Å²) in [6.07, 6.45) is 1.70. The molecule has 1 aliphatic carbocycles. The molecule has 1 saturated carbocycles. The van der Waals surface area contributed by atoms with Gasteiger partial charge in [0, 0.05) is 25.7 Å². The Balaban J connectivity index is 1.80. The van der Waals surface area contributed by atoms with Gasteiger partial charge in [0.25, 0.3) is 0 Å². The number of carbonyl (C=O) groups is 1. The zero-order valence-corrected chi connectivity index (χ0v) is 13.2. The van der Waals surface area contributed by atoms with Crippen LogP contribution in [0, 0.1) is 0 Å². The number of hydrogen-bond donors (Lipinski definition) is 1. The molecule has 1 amide bonds. The summed E-state index contributed by atoms with van der Waals surface area (Å²) in [5.41, 5.74) is 0. The molecule has 1 atom stereocenters. The van der Waals surface area contributed by atoms with E-state index in [1.54, 1.807) is 6.92 Å². The lowest BCUT2D eigenvalue weighted by Crippen LogP contribution is -2.48. The average Bonchev–Trinajstić information content (AvgIpc) is 2.88. The molecule has 4 nitrogen and oxygen atoms in total. The van der Waals surface area contributed by atoms with Crippen molar-refractivity contribution in [2.75, 3.05) is 32.7 Å². The van der Waals surface area contributed by atoms with Crippen LogP contribution in [0.2, 0.25) is 0 Å². The summed E-state index contributed by atoms with van der Waals surface area (Å²) in [5.74, 6) is -0.536. The maximum absolute atomic E-state index is 12.2. The fourth-order valence-electron chi connectivity index (χ4n) is 3.48. The van der Waals surface area contributed by atoms with Gasteiger partial charge in [-0.1, -0.05) is 12.8 Å². The van der Waals surface area contributed by atoms with Crippen molar-refractivity contribution in [3.63, 3.8) is 0 Å². The Hall–Kier alpha value is -0.820. The van der Waals surface area contributed by atoms with E-state index in [-0.39, 0.29) is 0 Å². The highest BCUT2D eigenvalue weighted by molar-refractivity contribution is 5.81. The van der Waals surface area contributed by atoms with Gasteiger partial charge in [-0.2, -0.15) is 13.2 Å². The van der Waals surface area contributed by atoms with Crippen LogP contribution >= 0.6 is 0 Å². The van der Waals surface area contributed by atoms with Crippen molar-refractivity contribution in [2.24, 2.45) is 0 Å². The third-order valence-corrected chi connectivity index (χ3v) is 4.80. The maximum atomic E-state index is 12.2.